The number of rotatable bonds is 4. The van der Waals surface area contributed by atoms with Gasteiger partial charge in [0.1, 0.15) is 0 Å². The van der Waals surface area contributed by atoms with Crippen LogP contribution in [-0.2, 0) is 11.2 Å². The highest BCUT2D eigenvalue weighted by Crippen LogP contribution is 2.23. The first-order valence-electron chi connectivity index (χ1n) is 7.15. The molecule has 7 heteroatoms. The van der Waals surface area contributed by atoms with E-state index in [1.165, 1.54) is 0 Å². The molecule has 0 radical (unpaired) electrons. The van der Waals surface area contributed by atoms with Gasteiger partial charge in [0, 0.05) is 37.6 Å². The summed E-state index contributed by atoms with van der Waals surface area (Å²) in [7, 11) is 0. The lowest BCUT2D eigenvalue weighted by atomic mass is 10.2. The van der Waals surface area contributed by atoms with Gasteiger partial charge in [0.25, 0.3) is 0 Å². The van der Waals surface area contributed by atoms with Gasteiger partial charge in [-0.3, -0.25) is 4.79 Å². The Labute approximate surface area is 137 Å². The monoisotopic (exact) mass is 373 g/mol. The van der Waals surface area contributed by atoms with Gasteiger partial charge in [-0.15, -0.1) is 11.3 Å². The lowest BCUT2D eigenvalue weighted by molar-refractivity contribution is -0.131. The Morgan fingerprint density at radius 3 is 2.48 bits per heavy atom. The zero-order chi connectivity index (χ0) is 15.2. The predicted octanol–water partition coefficient (Wildman–Crippen LogP) is 2.32. The number of thiophene rings is 1. The summed E-state index contributed by atoms with van der Waals surface area (Å²) in [6.07, 6.45) is 1.37. The molecule has 1 saturated heterocycles. The molecule has 1 fully saturated rings. The summed E-state index contributed by atoms with van der Waals surface area (Å²) in [6.45, 7) is 5.17. The quantitative estimate of drug-likeness (QED) is 0.880. The third kappa shape index (κ3) is 4.71. The largest absolute Gasteiger partial charge is 0.339 e. The fourth-order valence-corrected chi connectivity index (χ4v) is 3.68. The fourth-order valence-electron chi connectivity index (χ4n) is 2.21. The molecule has 0 spiro atoms. The first-order valence-corrected chi connectivity index (χ1v) is 8.76. The van der Waals surface area contributed by atoms with Crippen molar-refractivity contribution >= 4 is 39.2 Å². The highest BCUT2D eigenvalue weighted by Gasteiger charge is 2.24. The molecular weight excluding hydrogens is 354 g/mol. The van der Waals surface area contributed by atoms with E-state index < -0.39 is 0 Å². The van der Waals surface area contributed by atoms with E-state index in [2.05, 4.69) is 21.2 Å². The van der Waals surface area contributed by atoms with Crippen molar-refractivity contribution in [3.05, 3.63) is 20.8 Å². The van der Waals surface area contributed by atoms with Gasteiger partial charge in [-0.05, 0) is 34.5 Å². The maximum absolute atomic E-state index is 12.2. The normalized spacial score (nSPS) is 15.1. The van der Waals surface area contributed by atoms with Crippen molar-refractivity contribution in [2.24, 2.45) is 0 Å². The number of hydrogen-bond acceptors (Lipinski definition) is 3. The summed E-state index contributed by atoms with van der Waals surface area (Å²) in [4.78, 5) is 28.7. The molecule has 1 aliphatic rings. The molecule has 1 aliphatic heterocycles. The number of carbonyl (C=O) groups excluding carboxylic acids is 2. The predicted molar refractivity (Wildman–Crippen MR) is 87.6 cm³/mol. The van der Waals surface area contributed by atoms with Crippen molar-refractivity contribution in [1.29, 1.82) is 0 Å². The third-order valence-electron chi connectivity index (χ3n) is 3.40. The molecule has 3 amide bonds. The Kier molecular flexibility index (Phi) is 6.05. The smallest absolute Gasteiger partial charge is 0.317 e. The Hall–Kier alpha value is -1.08. The highest BCUT2D eigenvalue weighted by molar-refractivity contribution is 9.11. The lowest BCUT2D eigenvalue weighted by Crippen LogP contribution is -2.53. The van der Waals surface area contributed by atoms with E-state index in [1.807, 2.05) is 24.0 Å². The number of carbonyl (C=O) groups is 2. The van der Waals surface area contributed by atoms with Crippen LogP contribution in [0.15, 0.2) is 15.9 Å². The fraction of sp³-hybridized carbons (Fsp3) is 0.571. The number of hydrogen-bond donors (Lipinski definition) is 1. The van der Waals surface area contributed by atoms with Gasteiger partial charge in [0.2, 0.25) is 5.91 Å². The molecule has 0 bridgehead atoms. The van der Waals surface area contributed by atoms with Gasteiger partial charge in [-0.2, -0.15) is 0 Å². The van der Waals surface area contributed by atoms with Crippen LogP contribution in [0.2, 0.25) is 0 Å². The van der Waals surface area contributed by atoms with E-state index in [9.17, 15) is 9.59 Å². The Morgan fingerprint density at radius 2 is 1.90 bits per heavy atom. The molecule has 1 aromatic rings. The van der Waals surface area contributed by atoms with Crippen molar-refractivity contribution in [3.8, 4) is 0 Å². The van der Waals surface area contributed by atoms with Gasteiger partial charge >= 0.3 is 6.03 Å². The molecule has 0 saturated carbocycles. The zero-order valence-electron chi connectivity index (χ0n) is 12.1. The van der Waals surface area contributed by atoms with E-state index in [1.54, 1.807) is 16.2 Å². The van der Waals surface area contributed by atoms with Crippen molar-refractivity contribution in [3.63, 3.8) is 0 Å². The van der Waals surface area contributed by atoms with Crippen LogP contribution >= 0.6 is 27.3 Å². The average Bonchev–Trinajstić information content (AvgIpc) is 2.90. The van der Waals surface area contributed by atoms with E-state index in [0.29, 0.717) is 39.1 Å². The first-order chi connectivity index (χ1) is 10.1. The van der Waals surface area contributed by atoms with E-state index in [4.69, 9.17) is 0 Å². The lowest BCUT2D eigenvalue weighted by Gasteiger charge is -2.34. The molecule has 116 valence electrons. The van der Waals surface area contributed by atoms with Crippen molar-refractivity contribution in [2.75, 3.05) is 32.7 Å². The maximum Gasteiger partial charge on any atom is 0.317 e. The molecule has 1 aromatic heterocycles. The number of piperazine rings is 1. The molecule has 0 aliphatic carbocycles. The summed E-state index contributed by atoms with van der Waals surface area (Å²) in [6, 6.07) is 3.91. The second-order valence-electron chi connectivity index (χ2n) is 4.98. The second-order valence-corrected chi connectivity index (χ2v) is 7.53. The number of nitrogens with one attached hydrogen (secondary N) is 1. The molecule has 2 heterocycles. The van der Waals surface area contributed by atoms with Gasteiger partial charge in [-0.25, -0.2) is 4.79 Å². The Balaban J connectivity index is 1.78. The highest BCUT2D eigenvalue weighted by atomic mass is 79.9. The minimum atomic E-state index is -0.0221. The van der Waals surface area contributed by atoms with Crippen LogP contribution in [0, 0.1) is 0 Å². The minimum Gasteiger partial charge on any atom is -0.339 e. The van der Waals surface area contributed by atoms with Crippen LogP contribution in [0.5, 0.6) is 0 Å². The van der Waals surface area contributed by atoms with Crippen molar-refractivity contribution in [1.82, 2.24) is 15.1 Å². The Bertz CT molecular complexity index is 498. The maximum atomic E-state index is 12.2. The minimum absolute atomic E-state index is 0.0221. The van der Waals surface area contributed by atoms with Crippen molar-refractivity contribution in [2.45, 2.75) is 19.8 Å². The van der Waals surface area contributed by atoms with Crippen LogP contribution in [0.4, 0.5) is 4.79 Å². The number of urea groups is 1. The summed E-state index contributed by atoms with van der Waals surface area (Å²) in [5.74, 6) is 0.137. The number of nitrogens with zero attached hydrogens (tertiary/aromatic N) is 2. The molecule has 2 rings (SSSR count). The molecule has 0 aromatic carbocycles. The number of halogens is 1. The molecule has 1 N–H and O–H groups in total. The molecule has 21 heavy (non-hydrogen) atoms. The third-order valence-corrected chi connectivity index (χ3v) is 5.02. The summed E-state index contributed by atoms with van der Waals surface area (Å²) in [5.41, 5.74) is 0. The molecular formula is C14H20BrN3O2S. The number of amides is 3. The van der Waals surface area contributed by atoms with Gasteiger partial charge in [0.05, 0.1) is 10.2 Å². The van der Waals surface area contributed by atoms with E-state index >= 15 is 0 Å². The summed E-state index contributed by atoms with van der Waals surface area (Å²) in [5, 5.41) is 2.87. The van der Waals surface area contributed by atoms with Gasteiger partial charge < -0.3 is 15.1 Å². The van der Waals surface area contributed by atoms with E-state index in [-0.39, 0.29) is 11.9 Å². The topological polar surface area (TPSA) is 52.7 Å². The second kappa shape index (κ2) is 7.79. The molecule has 5 nitrogen and oxygen atoms in total. The first kappa shape index (κ1) is 16.3. The average molecular weight is 374 g/mol. The van der Waals surface area contributed by atoms with Crippen LogP contribution in [0.3, 0.4) is 0 Å². The summed E-state index contributed by atoms with van der Waals surface area (Å²) < 4.78 is 1.04. The zero-order valence-corrected chi connectivity index (χ0v) is 14.5. The SMILES string of the molecule is CCCNC(=O)N1CCN(C(=O)Cc2ccc(Br)s2)CC1. The molecule has 0 unspecified atom stereocenters. The van der Waals surface area contributed by atoms with Gasteiger partial charge in [0.15, 0.2) is 0 Å². The Morgan fingerprint density at radius 1 is 1.24 bits per heavy atom. The molecule has 0 atom stereocenters. The summed E-state index contributed by atoms with van der Waals surface area (Å²) >= 11 is 4.99. The van der Waals surface area contributed by atoms with Crippen LogP contribution in [0.1, 0.15) is 18.2 Å². The van der Waals surface area contributed by atoms with Crippen molar-refractivity contribution < 1.29 is 9.59 Å². The van der Waals surface area contributed by atoms with Gasteiger partial charge in [-0.1, -0.05) is 6.92 Å². The standard InChI is InChI=1S/C14H20BrN3O2S/c1-2-5-16-14(20)18-8-6-17(7-9-18)13(19)10-11-3-4-12(15)21-11/h3-4H,2,5-10H2,1H3,(H,16,20). The van der Waals surface area contributed by atoms with E-state index in [0.717, 1.165) is 15.1 Å². The van der Waals surface area contributed by atoms with Crippen LogP contribution < -0.4 is 5.32 Å². The van der Waals surface area contributed by atoms with Crippen LogP contribution in [-0.4, -0.2) is 54.5 Å². The van der Waals surface area contributed by atoms with Crippen LogP contribution in [0.25, 0.3) is 0 Å².